The zero-order valence-electron chi connectivity index (χ0n) is 15.3. The average molecular weight is 367 g/mol. The zero-order valence-corrected chi connectivity index (χ0v) is 15.3. The van der Waals surface area contributed by atoms with Crippen molar-refractivity contribution in [1.82, 2.24) is 34.6 Å². The summed E-state index contributed by atoms with van der Waals surface area (Å²) in [4.78, 5) is 20.1. The number of rotatable bonds is 7. The quantitative estimate of drug-likeness (QED) is 0.670. The maximum atomic E-state index is 12.9. The van der Waals surface area contributed by atoms with Gasteiger partial charge in [0.25, 0.3) is 0 Å². The predicted molar refractivity (Wildman–Crippen MR) is 99.8 cm³/mol. The van der Waals surface area contributed by atoms with Crippen LogP contribution in [0.1, 0.15) is 55.7 Å². The lowest BCUT2D eigenvalue weighted by Crippen LogP contribution is -2.34. The van der Waals surface area contributed by atoms with Crippen LogP contribution in [0, 0.1) is 0 Å². The molecule has 1 aliphatic carbocycles. The summed E-state index contributed by atoms with van der Waals surface area (Å²) < 4.78 is 4.06. The number of aromatic nitrogens is 6. The van der Waals surface area contributed by atoms with E-state index in [9.17, 15) is 4.79 Å². The molecule has 1 fully saturated rings. The van der Waals surface area contributed by atoms with E-state index in [0.717, 1.165) is 24.4 Å². The maximum absolute atomic E-state index is 12.9. The van der Waals surface area contributed by atoms with Gasteiger partial charge in [0.05, 0.1) is 12.9 Å². The van der Waals surface area contributed by atoms with E-state index in [4.69, 9.17) is 0 Å². The third kappa shape index (κ3) is 4.10. The Hall–Kier alpha value is -2.90. The highest BCUT2D eigenvalue weighted by Crippen LogP contribution is 2.28. The van der Waals surface area contributed by atoms with Gasteiger partial charge in [0, 0.05) is 36.7 Å². The van der Waals surface area contributed by atoms with Crippen molar-refractivity contribution in [2.75, 3.05) is 0 Å². The Kier molecular flexibility index (Phi) is 5.32. The Labute approximate surface area is 158 Å². The highest BCUT2D eigenvalue weighted by Gasteiger charge is 2.23. The van der Waals surface area contributed by atoms with Gasteiger partial charge in [-0.25, -0.2) is 4.98 Å². The molecule has 3 aromatic rings. The number of amides is 1. The van der Waals surface area contributed by atoms with Crippen molar-refractivity contribution in [1.29, 1.82) is 0 Å². The fourth-order valence-electron chi connectivity index (χ4n) is 3.83. The Bertz CT molecular complexity index is 831. The minimum atomic E-state index is -0.341. The normalized spacial score (nSPS) is 16.3. The molecule has 0 aromatic carbocycles. The second-order valence-corrected chi connectivity index (χ2v) is 7.09. The van der Waals surface area contributed by atoms with Crippen molar-refractivity contribution in [2.24, 2.45) is 0 Å². The fraction of sp³-hybridized carbons (Fsp3) is 0.474. The van der Waals surface area contributed by atoms with Crippen LogP contribution >= 0.6 is 0 Å². The van der Waals surface area contributed by atoms with Gasteiger partial charge in [0.1, 0.15) is 12.4 Å². The first-order valence-electron chi connectivity index (χ1n) is 9.57. The lowest BCUT2D eigenvalue weighted by Gasteiger charge is -2.24. The largest absolute Gasteiger partial charge is 0.348 e. The molecule has 0 saturated heterocycles. The topological polar surface area (TPSA) is 93.4 Å². The molecule has 0 unspecified atom stereocenters. The molecule has 3 heterocycles. The minimum Gasteiger partial charge on any atom is -0.348 e. The summed E-state index contributed by atoms with van der Waals surface area (Å²) in [5, 5.41) is 11.4. The molecule has 8 heteroatoms. The molecule has 27 heavy (non-hydrogen) atoms. The first kappa shape index (κ1) is 17.5. The number of imidazole rings is 1. The van der Waals surface area contributed by atoms with E-state index in [-0.39, 0.29) is 11.9 Å². The number of H-pyrrole nitrogens is 1. The van der Waals surface area contributed by atoms with Crippen LogP contribution in [0.25, 0.3) is 0 Å². The minimum absolute atomic E-state index is 0.0426. The molecule has 142 valence electrons. The summed E-state index contributed by atoms with van der Waals surface area (Å²) >= 11 is 0. The highest BCUT2D eigenvalue weighted by molar-refractivity contribution is 5.80. The zero-order chi connectivity index (χ0) is 18.5. The molecule has 8 nitrogen and oxygen atoms in total. The van der Waals surface area contributed by atoms with Crippen LogP contribution < -0.4 is 5.32 Å². The fourth-order valence-corrected chi connectivity index (χ4v) is 3.83. The third-order valence-corrected chi connectivity index (χ3v) is 5.29. The van der Waals surface area contributed by atoms with E-state index < -0.39 is 0 Å². The van der Waals surface area contributed by atoms with Crippen molar-refractivity contribution in [3.05, 3.63) is 54.9 Å². The summed E-state index contributed by atoms with van der Waals surface area (Å²) in [6.07, 6.45) is 15.7. The number of aromatic amines is 1. The van der Waals surface area contributed by atoms with E-state index in [1.54, 1.807) is 18.9 Å². The van der Waals surface area contributed by atoms with Crippen LogP contribution in [0.4, 0.5) is 0 Å². The van der Waals surface area contributed by atoms with Gasteiger partial charge in [-0.05, 0) is 25.0 Å². The Morgan fingerprint density at radius 1 is 1.26 bits per heavy atom. The van der Waals surface area contributed by atoms with Crippen LogP contribution in [-0.2, 0) is 17.8 Å². The number of carbonyl (C=O) groups is 1. The van der Waals surface area contributed by atoms with Crippen molar-refractivity contribution >= 4 is 5.91 Å². The lowest BCUT2D eigenvalue weighted by molar-refractivity contribution is -0.124. The van der Waals surface area contributed by atoms with Crippen molar-refractivity contribution in [3.63, 3.8) is 0 Å². The van der Waals surface area contributed by atoms with Crippen molar-refractivity contribution < 1.29 is 4.79 Å². The van der Waals surface area contributed by atoms with E-state index in [1.165, 1.54) is 19.3 Å². The molecule has 0 aliphatic heterocycles. The molecule has 3 aromatic heterocycles. The molecule has 1 amide bonds. The number of hydrogen-bond acceptors (Lipinski definition) is 4. The molecule has 1 saturated carbocycles. The monoisotopic (exact) mass is 367 g/mol. The summed E-state index contributed by atoms with van der Waals surface area (Å²) in [6, 6.07) is 3.96. The molecule has 0 spiro atoms. The molecule has 1 atom stereocenters. The smallest absolute Gasteiger partial charge is 0.243 e. The van der Waals surface area contributed by atoms with Gasteiger partial charge < -0.3 is 19.4 Å². The van der Waals surface area contributed by atoms with Gasteiger partial charge in [-0.2, -0.15) is 0 Å². The SMILES string of the molecule is O=C(NCc1nncn1C1CCCCC1)[C@@H](Cc1cnc[nH]1)n1cccc1. The van der Waals surface area contributed by atoms with E-state index in [1.807, 2.05) is 29.1 Å². The van der Waals surface area contributed by atoms with E-state index >= 15 is 0 Å². The first-order valence-corrected chi connectivity index (χ1v) is 9.57. The second kappa shape index (κ2) is 8.20. The summed E-state index contributed by atoms with van der Waals surface area (Å²) in [5.74, 6) is 0.780. The maximum Gasteiger partial charge on any atom is 0.243 e. The summed E-state index contributed by atoms with van der Waals surface area (Å²) in [5.41, 5.74) is 0.925. The van der Waals surface area contributed by atoms with Gasteiger partial charge in [-0.1, -0.05) is 19.3 Å². The summed E-state index contributed by atoms with van der Waals surface area (Å²) in [7, 11) is 0. The van der Waals surface area contributed by atoms with Gasteiger partial charge >= 0.3 is 0 Å². The van der Waals surface area contributed by atoms with Gasteiger partial charge in [-0.3, -0.25) is 4.79 Å². The summed E-state index contributed by atoms with van der Waals surface area (Å²) in [6.45, 7) is 0.385. The van der Waals surface area contributed by atoms with Crippen LogP contribution in [0.15, 0.2) is 43.4 Å². The molecule has 1 aliphatic rings. The Morgan fingerprint density at radius 2 is 2.07 bits per heavy atom. The average Bonchev–Trinajstić information content (AvgIpc) is 3.47. The molecule has 0 radical (unpaired) electrons. The van der Waals surface area contributed by atoms with Crippen LogP contribution in [0.3, 0.4) is 0 Å². The van der Waals surface area contributed by atoms with Crippen LogP contribution in [0.2, 0.25) is 0 Å². The third-order valence-electron chi connectivity index (χ3n) is 5.29. The van der Waals surface area contributed by atoms with Crippen molar-refractivity contribution in [2.45, 2.75) is 57.2 Å². The molecular formula is C19H25N7O. The van der Waals surface area contributed by atoms with E-state index in [0.29, 0.717) is 19.0 Å². The number of hydrogen-bond donors (Lipinski definition) is 2. The highest BCUT2D eigenvalue weighted by atomic mass is 16.2. The predicted octanol–water partition coefficient (Wildman–Crippen LogP) is 2.41. The molecule has 0 bridgehead atoms. The van der Waals surface area contributed by atoms with Crippen LogP contribution in [-0.4, -0.2) is 35.2 Å². The molecule has 2 N–H and O–H groups in total. The van der Waals surface area contributed by atoms with Crippen molar-refractivity contribution in [3.8, 4) is 0 Å². The Balaban J connectivity index is 1.43. The molecular weight excluding hydrogens is 342 g/mol. The van der Waals surface area contributed by atoms with Gasteiger partial charge in [0.15, 0.2) is 5.82 Å². The number of carbonyl (C=O) groups excluding carboxylic acids is 1. The van der Waals surface area contributed by atoms with Gasteiger partial charge in [0.2, 0.25) is 5.91 Å². The lowest BCUT2D eigenvalue weighted by atomic mass is 9.95. The number of nitrogens with zero attached hydrogens (tertiary/aromatic N) is 5. The molecule has 4 rings (SSSR count). The first-order chi connectivity index (χ1) is 13.3. The standard InChI is InChI=1S/C19H25N7O/c27-19(17(25-8-4-5-9-25)10-15-11-20-13-22-15)21-12-18-24-23-14-26(18)16-6-2-1-3-7-16/h4-5,8-9,11,13-14,16-17H,1-3,6-7,10,12H2,(H,20,22)(H,21,27)/t17-/m1/s1. The van der Waals surface area contributed by atoms with E-state index in [2.05, 4.69) is 30.0 Å². The van der Waals surface area contributed by atoms with Crippen LogP contribution in [0.5, 0.6) is 0 Å². The Morgan fingerprint density at radius 3 is 2.81 bits per heavy atom. The number of nitrogens with one attached hydrogen (secondary N) is 2. The second-order valence-electron chi connectivity index (χ2n) is 7.09. The van der Waals surface area contributed by atoms with Gasteiger partial charge in [-0.15, -0.1) is 10.2 Å².